The summed E-state index contributed by atoms with van der Waals surface area (Å²) in [5.41, 5.74) is -1.36. The predicted octanol–water partition coefficient (Wildman–Crippen LogP) is 3.64. The number of alkyl halides is 3. The summed E-state index contributed by atoms with van der Waals surface area (Å²) in [4.78, 5) is 1.46. The van der Waals surface area contributed by atoms with Crippen LogP contribution in [0.2, 0.25) is 0 Å². The summed E-state index contributed by atoms with van der Waals surface area (Å²) >= 11 is 0. The molecule has 0 bridgehead atoms. The Morgan fingerprint density at radius 2 is 1.43 bits per heavy atom. The zero-order valence-electron chi connectivity index (χ0n) is 14.6. The molecule has 3 rings (SSSR count). The monoisotopic (exact) mass is 420 g/mol. The van der Waals surface area contributed by atoms with E-state index in [1.165, 1.54) is 23.1 Å². The van der Waals surface area contributed by atoms with Gasteiger partial charge in [-0.15, -0.1) is 0 Å². The zero-order valence-corrected chi connectivity index (χ0v) is 15.4. The fraction of sp³-hybridized carbons (Fsp3) is 0.333. The summed E-state index contributed by atoms with van der Waals surface area (Å²) in [7, 11) is -4.02. The minimum atomic E-state index is -4.53. The van der Waals surface area contributed by atoms with E-state index in [4.69, 9.17) is 0 Å². The maximum Gasteiger partial charge on any atom is 0.418 e. The zero-order chi connectivity index (χ0) is 20.5. The fourth-order valence-corrected chi connectivity index (χ4v) is 4.68. The number of halogens is 5. The van der Waals surface area contributed by atoms with Gasteiger partial charge in [-0.2, -0.15) is 17.5 Å². The highest BCUT2D eigenvalue weighted by Crippen LogP contribution is 2.36. The Bertz CT molecular complexity index is 934. The number of sulfonamides is 1. The van der Waals surface area contributed by atoms with Crippen molar-refractivity contribution in [2.24, 2.45) is 0 Å². The maximum atomic E-state index is 13.7. The molecule has 2 aromatic rings. The van der Waals surface area contributed by atoms with Crippen molar-refractivity contribution in [3.63, 3.8) is 0 Å². The van der Waals surface area contributed by atoms with Crippen molar-refractivity contribution in [1.29, 1.82) is 0 Å². The summed E-state index contributed by atoms with van der Waals surface area (Å²) in [6.45, 7) is -0.0899. The van der Waals surface area contributed by atoms with Crippen molar-refractivity contribution in [1.82, 2.24) is 4.31 Å². The molecule has 0 atom stereocenters. The molecule has 28 heavy (non-hydrogen) atoms. The Labute approximate surface area is 159 Å². The Hall–Kier alpha value is -2.20. The van der Waals surface area contributed by atoms with Crippen LogP contribution in [0.3, 0.4) is 0 Å². The highest BCUT2D eigenvalue weighted by atomic mass is 32.2. The third-order valence-corrected chi connectivity index (χ3v) is 6.38. The van der Waals surface area contributed by atoms with Crippen molar-refractivity contribution in [3.05, 3.63) is 65.2 Å². The maximum absolute atomic E-state index is 13.7. The molecule has 4 nitrogen and oxygen atoms in total. The van der Waals surface area contributed by atoms with Gasteiger partial charge in [-0.1, -0.05) is 18.2 Å². The molecule has 1 aliphatic heterocycles. The minimum Gasteiger partial charge on any atom is -0.368 e. The Morgan fingerprint density at radius 3 is 2.00 bits per heavy atom. The topological polar surface area (TPSA) is 40.6 Å². The van der Waals surface area contributed by atoms with E-state index in [-0.39, 0.29) is 31.9 Å². The van der Waals surface area contributed by atoms with Crippen LogP contribution in [0.15, 0.2) is 42.5 Å². The molecule has 1 fully saturated rings. The van der Waals surface area contributed by atoms with Crippen molar-refractivity contribution < 1.29 is 30.4 Å². The Morgan fingerprint density at radius 1 is 0.857 bits per heavy atom. The van der Waals surface area contributed by atoms with Crippen molar-refractivity contribution in [2.75, 3.05) is 31.1 Å². The van der Waals surface area contributed by atoms with Gasteiger partial charge in [0.2, 0.25) is 10.0 Å². The van der Waals surface area contributed by atoms with Gasteiger partial charge in [0.05, 0.1) is 11.3 Å². The quantitative estimate of drug-likeness (QED) is 0.710. The van der Waals surface area contributed by atoms with E-state index in [0.29, 0.717) is 0 Å². The van der Waals surface area contributed by atoms with E-state index >= 15 is 0 Å². The largest absolute Gasteiger partial charge is 0.418 e. The first-order valence-electron chi connectivity index (χ1n) is 8.41. The number of para-hydroxylation sites is 1. The number of nitrogens with zero attached hydrogens (tertiary/aromatic N) is 2. The molecule has 0 saturated carbocycles. The van der Waals surface area contributed by atoms with Gasteiger partial charge >= 0.3 is 6.18 Å². The summed E-state index contributed by atoms with van der Waals surface area (Å²) < 4.78 is 93.1. The first kappa shape index (κ1) is 20.5. The van der Waals surface area contributed by atoms with Gasteiger partial charge < -0.3 is 4.90 Å². The molecule has 0 aliphatic carbocycles. The molecular formula is C18H17F5N2O2S. The van der Waals surface area contributed by atoms with Crippen LogP contribution in [0.5, 0.6) is 0 Å². The predicted molar refractivity (Wildman–Crippen MR) is 94.2 cm³/mol. The molecule has 0 spiro atoms. The minimum absolute atomic E-state index is 0.0211. The lowest BCUT2D eigenvalue weighted by Crippen LogP contribution is -2.49. The van der Waals surface area contributed by atoms with Gasteiger partial charge in [-0.05, 0) is 24.3 Å². The second-order valence-electron chi connectivity index (χ2n) is 6.36. The second-order valence-corrected chi connectivity index (χ2v) is 8.33. The first-order chi connectivity index (χ1) is 13.1. The van der Waals surface area contributed by atoms with Crippen LogP contribution in [0.25, 0.3) is 0 Å². The highest BCUT2D eigenvalue weighted by molar-refractivity contribution is 7.88. The number of piperazine rings is 1. The summed E-state index contributed by atoms with van der Waals surface area (Å²) in [6, 6.07) is 8.16. The molecule has 0 radical (unpaired) electrons. The van der Waals surface area contributed by atoms with E-state index in [1.54, 1.807) is 0 Å². The molecule has 10 heteroatoms. The lowest BCUT2D eigenvalue weighted by atomic mass is 10.1. The molecule has 1 heterocycles. The number of benzene rings is 2. The average Bonchev–Trinajstić information content (AvgIpc) is 2.64. The highest BCUT2D eigenvalue weighted by Gasteiger charge is 2.36. The Balaban J connectivity index is 1.74. The number of hydrogen-bond donors (Lipinski definition) is 0. The van der Waals surface area contributed by atoms with Gasteiger partial charge in [0.25, 0.3) is 0 Å². The van der Waals surface area contributed by atoms with Crippen LogP contribution in [0, 0.1) is 11.6 Å². The molecule has 2 aromatic carbocycles. The third-order valence-electron chi connectivity index (χ3n) is 4.57. The summed E-state index contributed by atoms with van der Waals surface area (Å²) in [6.07, 6.45) is -4.53. The van der Waals surface area contributed by atoms with Crippen molar-refractivity contribution in [2.45, 2.75) is 11.9 Å². The van der Waals surface area contributed by atoms with Gasteiger partial charge in [0.1, 0.15) is 11.6 Å². The molecular weight excluding hydrogens is 403 g/mol. The van der Waals surface area contributed by atoms with Gasteiger partial charge in [-0.3, -0.25) is 0 Å². The SMILES string of the molecule is O=S(=O)(Cc1c(F)cccc1F)N1CCN(c2ccccc2C(F)(F)F)CC1. The third kappa shape index (κ3) is 4.27. The van der Waals surface area contributed by atoms with E-state index in [0.717, 1.165) is 28.6 Å². The molecule has 0 N–H and O–H groups in total. The average molecular weight is 420 g/mol. The van der Waals surface area contributed by atoms with Crippen molar-refractivity contribution >= 4 is 15.7 Å². The normalized spacial score (nSPS) is 16.4. The van der Waals surface area contributed by atoms with Crippen LogP contribution in [0.4, 0.5) is 27.6 Å². The second kappa shape index (κ2) is 7.67. The van der Waals surface area contributed by atoms with Gasteiger partial charge in [0, 0.05) is 37.4 Å². The molecule has 1 aliphatic rings. The fourth-order valence-electron chi connectivity index (χ4n) is 3.14. The van der Waals surface area contributed by atoms with Gasteiger partial charge in [-0.25, -0.2) is 17.2 Å². The molecule has 1 saturated heterocycles. The van der Waals surface area contributed by atoms with E-state index in [9.17, 15) is 30.4 Å². The smallest absolute Gasteiger partial charge is 0.368 e. The molecule has 152 valence electrons. The van der Waals surface area contributed by atoms with E-state index in [2.05, 4.69) is 0 Å². The van der Waals surface area contributed by atoms with Gasteiger partial charge in [0.15, 0.2) is 0 Å². The number of hydrogen-bond acceptors (Lipinski definition) is 3. The van der Waals surface area contributed by atoms with Crippen LogP contribution in [-0.2, 0) is 22.0 Å². The van der Waals surface area contributed by atoms with Crippen LogP contribution < -0.4 is 4.90 Å². The van der Waals surface area contributed by atoms with Crippen molar-refractivity contribution in [3.8, 4) is 0 Å². The standard InChI is InChI=1S/C18H17F5N2O2S/c19-15-5-3-6-16(20)13(15)12-28(26,27)25-10-8-24(9-11-25)17-7-2-1-4-14(17)18(21,22)23/h1-7H,8-12H2. The van der Waals surface area contributed by atoms with Crippen LogP contribution >= 0.6 is 0 Å². The van der Waals surface area contributed by atoms with Crippen LogP contribution in [0.1, 0.15) is 11.1 Å². The first-order valence-corrected chi connectivity index (χ1v) is 10.0. The van der Waals surface area contributed by atoms with E-state index < -0.39 is 44.7 Å². The molecule has 0 aromatic heterocycles. The lowest BCUT2D eigenvalue weighted by molar-refractivity contribution is -0.137. The molecule has 0 amide bonds. The summed E-state index contributed by atoms with van der Waals surface area (Å²) in [5, 5.41) is 0. The van der Waals surface area contributed by atoms with E-state index in [1.807, 2.05) is 0 Å². The summed E-state index contributed by atoms with van der Waals surface area (Å²) in [5.74, 6) is -2.76. The molecule has 0 unspecified atom stereocenters. The number of anilines is 1. The lowest BCUT2D eigenvalue weighted by Gasteiger charge is -2.36. The van der Waals surface area contributed by atoms with Crippen LogP contribution in [-0.4, -0.2) is 38.9 Å². The Kier molecular flexibility index (Phi) is 5.62. The number of rotatable bonds is 4.